The second-order valence-corrected chi connectivity index (χ2v) is 6.76. The predicted molar refractivity (Wildman–Crippen MR) is 98.1 cm³/mol. The number of nitrogens with one attached hydrogen (secondary N) is 1. The Morgan fingerprint density at radius 1 is 1.52 bits per heavy atom. The maximum atomic E-state index is 11.2. The Bertz CT molecular complexity index is 580. The number of likely N-dealkylation sites (tertiary alicyclic amines) is 1. The van der Waals surface area contributed by atoms with Gasteiger partial charge in [0.25, 0.3) is 0 Å². The molecule has 3 N–H and O–H groups in total. The fraction of sp³-hybridized carbons (Fsp3) is 0.722. The summed E-state index contributed by atoms with van der Waals surface area (Å²) in [5.74, 6) is 2.17. The summed E-state index contributed by atoms with van der Waals surface area (Å²) in [6.45, 7) is 6.63. The van der Waals surface area contributed by atoms with Crippen LogP contribution in [0.3, 0.4) is 0 Å². The summed E-state index contributed by atoms with van der Waals surface area (Å²) in [5, 5.41) is 7.54. The lowest BCUT2D eigenvalue weighted by Crippen LogP contribution is -2.46. The molecule has 1 aromatic rings. The van der Waals surface area contributed by atoms with Crippen molar-refractivity contribution in [3.63, 3.8) is 0 Å². The van der Waals surface area contributed by atoms with Gasteiger partial charge in [0.1, 0.15) is 0 Å². The molecule has 1 saturated heterocycles. The third kappa shape index (κ3) is 5.47. The predicted octanol–water partition coefficient (Wildman–Crippen LogP) is 2.24. The molecule has 0 bridgehead atoms. The minimum absolute atomic E-state index is 0.231. The topological polar surface area (TPSA) is 96.8 Å². The van der Waals surface area contributed by atoms with E-state index >= 15 is 0 Å². The highest BCUT2D eigenvalue weighted by molar-refractivity contribution is 5.80. The minimum atomic E-state index is -0.231. The molecule has 1 amide bonds. The Morgan fingerprint density at radius 2 is 2.28 bits per heavy atom. The molecule has 2 heterocycles. The average Bonchev–Trinajstić information content (AvgIpc) is 3.05. The summed E-state index contributed by atoms with van der Waals surface area (Å²) in [5.41, 5.74) is 6.36. The van der Waals surface area contributed by atoms with Crippen LogP contribution in [0.2, 0.25) is 0 Å². The molecule has 0 spiro atoms. The number of amides is 1. The maximum Gasteiger partial charge on any atom is 0.217 e. The quantitative estimate of drug-likeness (QED) is 0.581. The number of nitrogens with two attached hydrogens (primary N) is 1. The van der Waals surface area contributed by atoms with Gasteiger partial charge in [-0.3, -0.25) is 9.79 Å². The molecule has 2 rings (SSSR count). The van der Waals surface area contributed by atoms with Gasteiger partial charge >= 0.3 is 0 Å². The molecule has 1 unspecified atom stereocenters. The third-order valence-electron chi connectivity index (χ3n) is 4.92. The number of rotatable bonds is 7. The number of guanidine groups is 1. The van der Waals surface area contributed by atoms with Gasteiger partial charge in [-0.15, -0.1) is 0 Å². The molecule has 1 fully saturated rings. The summed E-state index contributed by atoms with van der Waals surface area (Å²) in [7, 11) is 1.77. The van der Waals surface area contributed by atoms with Gasteiger partial charge in [-0.2, -0.15) is 0 Å². The van der Waals surface area contributed by atoms with Crippen molar-refractivity contribution in [2.75, 3.05) is 20.1 Å². The number of primary amides is 1. The van der Waals surface area contributed by atoms with Crippen molar-refractivity contribution in [1.82, 2.24) is 15.4 Å². The number of aromatic nitrogens is 1. The van der Waals surface area contributed by atoms with Crippen LogP contribution in [0.15, 0.2) is 15.6 Å². The van der Waals surface area contributed by atoms with Gasteiger partial charge in [-0.25, -0.2) is 0 Å². The van der Waals surface area contributed by atoms with E-state index < -0.39 is 0 Å². The van der Waals surface area contributed by atoms with Gasteiger partial charge in [0, 0.05) is 38.5 Å². The number of carbonyl (C=O) groups excluding carboxylic acids is 1. The van der Waals surface area contributed by atoms with Gasteiger partial charge in [-0.1, -0.05) is 19.0 Å². The zero-order chi connectivity index (χ0) is 18.2. The summed E-state index contributed by atoms with van der Waals surface area (Å²) in [6, 6.07) is 2.03. The van der Waals surface area contributed by atoms with E-state index in [1.54, 1.807) is 7.05 Å². The fourth-order valence-corrected chi connectivity index (χ4v) is 3.52. The Morgan fingerprint density at radius 3 is 2.92 bits per heavy atom. The minimum Gasteiger partial charge on any atom is -0.370 e. The first-order chi connectivity index (χ1) is 12.1. The highest BCUT2D eigenvalue weighted by Crippen LogP contribution is 2.22. The third-order valence-corrected chi connectivity index (χ3v) is 4.92. The van der Waals surface area contributed by atoms with Crippen LogP contribution >= 0.6 is 0 Å². The summed E-state index contributed by atoms with van der Waals surface area (Å²) < 4.78 is 5.46. The molecule has 0 aromatic carbocycles. The van der Waals surface area contributed by atoms with Crippen molar-refractivity contribution < 1.29 is 9.32 Å². The van der Waals surface area contributed by atoms with Crippen LogP contribution in [0.5, 0.6) is 0 Å². The number of carbonyl (C=O) groups is 1. The standard InChI is InChI=1S/C18H31N5O2/c1-4-14(5-2)16-10-15(25-22-16)11-21-18(20-3)23-8-6-7-13(12-23)9-17(19)24/h10,13-14H,4-9,11-12H2,1-3H3,(H2,19,24)(H,20,21). The van der Waals surface area contributed by atoms with Gasteiger partial charge in [0.05, 0.1) is 12.2 Å². The van der Waals surface area contributed by atoms with E-state index in [1.165, 1.54) is 0 Å². The Kier molecular flexibility index (Phi) is 7.28. The zero-order valence-corrected chi connectivity index (χ0v) is 15.6. The van der Waals surface area contributed by atoms with Crippen molar-refractivity contribution in [3.8, 4) is 0 Å². The molecule has 1 atom stereocenters. The lowest BCUT2D eigenvalue weighted by molar-refractivity contribution is -0.119. The molecule has 25 heavy (non-hydrogen) atoms. The molecular weight excluding hydrogens is 318 g/mol. The Labute approximate surface area is 150 Å². The smallest absolute Gasteiger partial charge is 0.217 e. The molecular formula is C18H31N5O2. The molecule has 1 aromatic heterocycles. The van der Waals surface area contributed by atoms with Crippen LogP contribution < -0.4 is 11.1 Å². The molecule has 7 nitrogen and oxygen atoms in total. The molecule has 1 aliphatic heterocycles. The van der Waals surface area contributed by atoms with E-state index in [0.29, 0.717) is 24.8 Å². The molecule has 1 aliphatic rings. The lowest BCUT2D eigenvalue weighted by atomic mass is 9.95. The number of nitrogens with zero attached hydrogens (tertiary/aromatic N) is 3. The number of aliphatic imine (C=N–C) groups is 1. The van der Waals surface area contributed by atoms with Crippen LogP contribution in [0.1, 0.15) is 63.3 Å². The fourth-order valence-electron chi connectivity index (χ4n) is 3.52. The molecule has 0 saturated carbocycles. The number of piperidine rings is 1. The van der Waals surface area contributed by atoms with Crippen LogP contribution in [-0.4, -0.2) is 42.1 Å². The van der Waals surface area contributed by atoms with Crippen molar-refractivity contribution in [2.24, 2.45) is 16.6 Å². The number of hydrogen-bond donors (Lipinski definition) is 2. The normalized spacial score (nSPS) is 18.6. The first-order valence-corrected chi connectivity index (χ1v) is 9.26. The van der Waals surface area contributed by atoms with E-state index in [4.69, 9.17) is 10.3 Å². The molecule has 0 aliphatic carbocycles. The van der Waals surface area contributed by atoms with Crippen molar-refractivity contribution in [2.45, 2.75) is 58.4 Å². The Balaban J connectivity index is 1.91. The van der Waals surface area contributed by atoms with Crippen LogP contribution in [-0.2, 0) is 11.3 Å². The van der Waals surface area contributed by atoms with Gasteiger partial charge < -0.3 is 20.5 Å². The van der Waals surface area contributed by atoms with Gasteiger partial charge in [0.2, 0.25) is 5.91 Å². The van der Waals surface area contributed by atoms with Gasteiger partial charge in [0.15, 0.2) is 11.7 Å². The van der Waals surface area contributed by atoms with E-state index in [0.717, 1.165) is 56.2 Å². The highest BCUT2D eigenvalue weighted by Gasteiger charge is 2.23. The van der Waals surface area contributed by atoms with Crippen molar-refractivity contribution >= 4 is 11.9 Å². The first kappa shape index (κ1) is 19.3. The number of hydrogen-bond acceptors (Lipinski definition) is 4. The Hall–Kier alpha value is -2.05. The largest absolute Gasteiger partial charge is 0.370 e. The highest BCUT2D eigenvalue weighted by atomic mass is 16.5. The van der Waals surface area contributed by atoms with Gasteiger partial charge in [-0.05, 0) is 31.6 Å². The molecule has 7 heteroatoms. The average molecular weight is 349 g/mol. The van der Waals surface area contributed by atoms with Crippen molar-refractivity contribution in [3.05, 3.63) is 17.5 Å². The maximum absolute atomic E-state index is 11.2. The van der Waals surface area contributed by atoms with E-state index in [2.05, 4.69) is 34.2 Å². The van der Waals surface area contributed by atoms with Crippen molar-refractivity contribution in [1.29, 1.82) is 0 Å². The van der Waals surface area contributed by atoms with Crippen LogP contribution in [0.4, 0.5) is 0 Å². The summed E-state index contributed by atoms with van der Waals surface area (Å²) in [6.07, 6.45) is 4.64. The molecule has 0 radical (unpaired) electrons. The second-order valence-electron chi connectivity index (χ2n) is 6.76. The van der Waals surface area contributed by atoms with E-state index in [1.807, 2.05) is 6.07 Å². The summed E-state index contributed by atoms with van der Waals surface area (Å²) in [4.78, 5) is 17.7. The first-order valence-electron chi connectivity index (χ1n) is 9.26. The van der Waals surface area contributed by atoms with Crippen LogP contribution in [0.25, 0.3) is 0 Å². The lowest BCUT2D eigenvalue weighted by Gasteiger charge is -2.34. The zero-order valence-electron chi connectivity index (χ0n) is 15.6. The monoisotopic (exact) mass is 349 g/mol. The molecule has 140 valence electrons. The SMILES string of the molecule is CCC(CC)c1cc(CNC(=NC)N2CCCC(CC(N)=O)C2)on1. The summed E-state index contributed by atoms with van der Waals surface area (Å²) >= 11 is 0. The van der Waals surface area contributed by atoms with E-state index in [9.17, 15) is 4.79 Å². The second kappa shape index (κ2) is 9.44. The van der Waals surface area contributed by atoms with Crippen LogP contribution in [0, 0.1) is 5.92 Å². The van der Waals surface area contributed by atoms with E-state index in [-0.39, 0.29) is 5.91 Å².